The van der Waals surface area contributed by atoms with Gasteiger partial charge >= 0.3 is 5.97 Å². The van der Waals surface area contributed by atoms with Crippen LogP contribution in [0.15, 0.2) is 93.3 Å². The van der Waals surface area contributed by atoms with Crippen LogP contribution in [0.5, 0.6) is 11.5 Å². The lowest BCUT2D eigenvalue weighted by atomic mass is 9.95. The molecular weight excluding hydrogens is 585 g/mol. The number of hydrogen-bond donors (Lipinski definition) is 0. The zero-order valence-corrected chi connectivity index (χ0v) is 25.6. The zero-order valence-electron chi connectivity index (χ0n) is 23.9. The third-order valence-corrected chi connectivity index (χ3v) is 8.90. The first-order chi connectivity index (χ1) is 20.9. The van der Waals surface area contributed by atoms with Gasteiger partial charge in [0.2, 0.25) is 0 Å². The molecule has 0 radical (unpaired) electrons. The minimum Gasteiger partial charge on any atom is -0.493 e. The number of hydrogen-bond acceptors (Lipinski definition) is 9. The molecule has 0 saturated carbocycles. The molecule has 0 N–H and O–H groups in total. The second-order valence-corrected chi connectivity index (χ2v) is 11.6. The fraction of sp³-hybridized carbons (Fsp3) is 0.188. The number of carbonyl (C=O) groups is 1. The molecule has 0 unspecified atom stereocenters. The van der Waals surface area contributed by atoms with Gasteiger partial charge in [-0.25, -0.2) is 14.5 Å². The molecule has 1 aliphatic rings. The predicted molar refractivity (Wildman–Crippen MR) is 167 cm³/mol. The fourth-order valence-corrected chi connectivity index (χ4v) is 6.85. The Kier molecular flexibility index (Phi) is 7.83. The minimum atomic E-state index is -0.777. The Bertz CT molecular complexity index is 2020. The molecule has 0 bridgehead atoms. The van der Waals surface area contributed by atoms with Crippen molar-refractivity contribution in [3.63, 3.8) is 0 Å². The molecule has 1 atom stereocenters. The highest BCUT2D eigenvalue weighted by atomic mass is 32.1. The van der Waals surface area contributed by atoms with Gasteiger partial charge in [-0.3, -0.25) is 9.36 Å². The largest absolute Gasteiger partial charge is 0.493 e. The van der Waals surface area contributed by atoms with E-state index in [1.165, 1.54) is 11.3 Å². The summed E-state index contributed by atoms with van der Waals surface area (Å²) in [4.78, 5) is 33.7. The summed E-state index contributed by atoms with van der Waals surface area (Å²) in [6, 6.07) is 18.4. The predicted octanol–water partition coefficient (Wildman–Crippen LogP) is 4.73. The first-order valence-corrected chi connectivity index (χ1v) is 15.2. The van der Waals surface area contributed by atoms with Crippen molar-refractivity contribution in [2.45, 2.75) is 19.9 Å². The average molecular weight is 613 g/mol. The molecular formula is C32H28N4O5S2. The molecule has 9 nitrogen and oxygen atoms in total. The van der Waals surface area contributed by atoms with Crippen molar-refractivity contribution in [2.75, 3.05) is 20.8 Å². The van der Waals surface area contributed by atoms with E-state index in [1.807, 2.05) is 70.9 Å². The van der Waals surface area contributed by atoms with E-state index >= 15 is 0 Å². The van der Waals surface area contributed by atoms with Crippen molar-refractivity contribution in [1.82, 2.24) is 14.3 Å². The van der Waals surface area contributed by atoms with E-state index in [-0.39, 0.29) is 12.2 Å². The highest BCUT2D eigenvalue weighted by Crippen LogP contribution is 2.36. The van der Waals surface area contributed by atoms with E-state index in [4.69, 9.17) is 24.3 Å². The van der Waals surface area contributed by atoms with Gasteiger partial charge in [-0.15, -0.1) is 11.3 Å². The first-order valence-electron chi connectivity index (χ1n) is 13.5. The molecule has 43 heavy (non-hydrogen) atoms. The van der Waals surface area contributed by atoms with Gasteiger partial charge in [0, 0.05) is 11.8 Å². The van der Waals surface area contributed by atoms with Crippen LogP contribution < -0.4 is 24.4 Å². The summed E-state index contributed by atoms with van der Waals surface area (Å²) < 4.78 is 20.2. The third-order valence-electron chi connectivity index (χ3n) is 7.04. The zero-order chi connectivity index (χ0) is 30.1. The Morgan fingerprint density at radius 3 is 2.53 bits per heavy atom. The van der Waals surface area contributed by atoms with E-state index in [0.29, 0.717) is 37.7 Å². The number of aromatic nitrogens is 3. The average Bonchev–Trinajstić information content (AvgIpc) is 3.77. The maximum Gasteiger partial charge on any atom is 0.338 e. The van der Waals surface area contributed by atoms with Crippen LogP contribution in [0.3, 0.4) is 0 Å². The quantitative estimate of drug-likeness (QED) is 0.235. The van der Waals surface area contributed by atoms with Gasteiger partial charge in [-0.1, -0.05) is 41.7 Å². The number of carbonyl (C=O) groups excluding carboxylic acids is 1. The van der Waals surface area contributed by atoms with Gasteiger partial charge in [-0.05, 0) is 61.2 Å². The van der Waals surface area contributed by atoms with Gasteiger partial charge in [-0.2, -0.15) is 5.10 Å². The van der Waals surface area contributed by atoms with E-state index in [1.54, 1.807) is 56.1 Å². The number of ether oxygens (including phenoxy) is 3. The molecule has 5 aromatic rings. The number of fused-ring (bicyclic) bond motifs is 1. The van der Waals surface area contributed by atoms with Crippen LogP contribution in [0.2, 0.25) is 0 Å². The summed E-state index contributed by atoms with van der Waals surface area (Å²) in [5, 5.41) is 6.87. The number of allylic oxidation sites excluding steroid dienone is 1. The van der Waals surface area contributed by atoms with Crippen LogP contribution in [0.4, 0.5) is 0 Å². The standard InChI is InChI=1S/C32H28N4O5S2/c1-5-41-31(38)27-19(2)33-32-36(29(27)20-13-14-23(39-3)24(16-20)40-4)30(37)26(43-32)17-21-18-35(22-10-7-6-8-11-22)34-28(21)25-12-9-15-42-25/h6-18,29H,5H2,1-4H3/b26-17+/t29-/m0/s1. The molecule has 4 heterocycles. The lowest BCUT2D eigenvalue weighted by molar-refractivity contribution is -0.139. The van der Waals surface area contributed by atoms with E-state index in [2.05, 4.69) is 0 Å². The van der Waals surface area contributed by atoms with Crippen molar-refractivity contribution in [3.05, 3.63) is 114 Å². The van der Waals surface area contributed by atoms with Crippen LogP contribution >= 0.6 is 22.7 Å². The lowest BCUT2D eigenvalue weighted by Crippen LogP contribution is -2.40. The number of benzene rings is 2. The molecule has 0 fully saturated rings. The van der Waals surface area contributed by atoms with Gasteiger partial charge < -0.3 is 14.2 Å². The smallest absolute Gasteiger partial charge is 0.338 e. The minimum absolute atomic E-state index is 0.190. The summed E-state index contributed by atoms with van der Waals surface area (Å²) in [6.45, 7) is 3.70. The van der Waals surface area contributed by atoms with Crippen molar-refractivity contribution in [2.24, 2.45) is 4.99 Å². The van der Waals surface area contributed by atoms with Gasteiger partial charge in [0.05, 0.1) is 53.2 Å². The maximum atomic E-state index is 14.2. The summed E-state index contributed by atoms with van der Waals surface area (Å²) in [5.41, 5.74) is 3.64. The summed E-state index contributed by atoms with van der Waals surface area (Å²) in [6.07, 6.45) is 3.77. The Labute approximate surface area is 255 Å². The highest BCUT2D eigenvalue weighted by Gasteiger charge is 2.34. The molecule has 0 spiro atoms. The number of para-hydroxylation sites is 1. The second-order valence-electron chi connectivity index (χ2n) is 9.61. The number of methoxy groups -OCH3 is 2. The van der Waals surface area contributed by atoms with Crippen molar-refractivity contribution >= 4 is 34.7 Å². The molecule has 6 rings (SSSR count). The molecule has 3 aromatic heterocycles. The van der Waals surface area contributed by atoms with Gasteiger partial charge in [0.25, 0.3) is 5.56 Å². The fourth-order valence-electron chi connectivity index (χ4n) is 5.08. The monoisotopic (exact) mass is 612 g/mol. The number of thiazole rings is 1. The Morgan fingerprint density at radius 1 is 1.05 bits per heavy atom. The molecule has 2 aromatic carbocycles. The van der Waals surface area contributed by atoms with Crippen LogP contribution in [0.25, 0.3) is 22.3 Å². The van der Waals surface area contributed by atoms with E-state index in [0.717, 1.165) is 21.8 Å². The SMILES string of the molecule is CCOC(=O)C1=C(C)N=c2s/c(=C/c3cn(-c4ccccc4)nc3-c3cccs3)c(=O)n2[C@H]1c1ccc(OC)c(OC)c1. The van der Waals surface area contributed by atoms with Crippen LogP contribution in [-0.2, 0) is 9.53 Å². The van der Waals surface area contributed by atoms with Crippen molar-refractivity contribution < 1.29 is 19.0 Å². The van der Waals surface area contributed by atoms with Crippen LogP contribution in [0.1, 0.15) is 31.0 Å². The van der Waals surface area contributed by atoms with Gasteiger partial charge in [0.1, 0.15) is 5.69 Å². The van der Waals surface area contributed by atoms with Crippen LogP contribution in [0, 0.1) is 0 Å². The number of rotatable bonds is 8. The molecule has 218 valence electrons. The summed E-state index contributed by atoms with van der Waals surface area (Å²) in [5.74, 6) is 0.490. The van der Waals surface area contributed by atoms with Crippen molar-refractivity contribution in [1.29, 1.82) is 0 Å². The molecule has 0 aliphatic carbocycles. The Hall–Kier alpha value is -4.74. The Morgan fingerprint density at radius 2 is 1.84 bits per heavy atom. The van der Waals surface area contributed by atoms with E-state index < -0.39 is 12.0 Å². The van der Waals surface area contributed by atoms with Gasteiger partial charge in [0.15, 0.2) is 16.3 Å². The molecule has 11 heteroatoms. The molecule has 0 amide bonds. The van der Waals surface area contributed by atoms with Crippen molar-refractivity contribution in [3.8, 4) is 27.8 Å². The van der Waals surface area contributed by atoms with Crippen LogP contribution in [-0.4, -0.2) is 41.1 Å². The normalized spacial score (nSPS) is 14.8. The Balaban J connectivity index is 1.56. The number of esters is 1. The topological polar surface area (TPSA) is 96.9 Å². The lowest BCUT2D eigenvalue weighted by Gasteiger charge is -2.25. The summed E-state index contributed by atoms with van der Waals surface area (Å²) in [7, 11) is 3.10. The highest BCUT2D eigenvalue weighted by molar-refractivity contribution is 7.13. The molecule has 0 saturated heterocycles. The first kappa shape index (κ1) is 28.4. The second kappa shape index (κ2) is 11.9. The van der Waals surface area contributed by atoms with E-state index in [9.17, 15) is 9.59 Å². The summed E-state index contributed by atoms with van der Waals surface area (Å²) >= 11 is 2.85. The third kappa shape index (κ3) is 5.21. The maximum absolute atomic E-state index is 14.2. The molecule has 1 aliphatic heterocycles. The number of nitrogens with zero attached hydrogens (tertiary/aromatic N) is 4. The number of thiophene rings is 1.